The average molecular weight is 1530 g/mol. The second-order valence-electron chi connectivity index (χ2n) is 32.4. The van der Waals surface area contributed by atoms with Crippen LogP contribution in [0.4, 0.5) is 13.2 Å². The highest BCUT2D eigenvalue weighted by Crippen LogP contribution is 2.40. The Labute approximate surface area is 639 Å². The van der Waals surface area contributed by atoms with Crippen LogP contribution in [0.15, 0.2) is 48.5 Å². The molecule has 2 aromatic rings. The summed E-state index contributed by atoms with van der Waals surface area (Å²) in [5.74, 6) is -9.03. The summed E-state index contributed by atoms with van der Waals surface area (Å²) in [6.07, 6.45) is 6.73. The van der Waals surface area contributed by atoms with Crippen LogP contribution in [0.2, 0.25) is 5.02 Å². The van der Waals surface area contributed by atoms with E-state index in [1.807, 2.05) is 51.1 Å². The van der Waals surface area contributed by atoms with Crippen LogP contribution in [0.5, 0.6) is 0 Å². The number of likely N-dealkylation sites (tertiary alicyclic amines) is 1. The molecule has 7 fully saturated rings. The van der Waals surface area contributed by atoms with Gasteiger partial charge in [-0.15, -0.1) is 0 Å². The molecule has 24 nitrogen and oxygen atoms in total. The second kappa shape index (κ2) is 37.2. The van der Waals surface area contributed by atoms with Crippen LogP contribution >= 0.6 is 11.6 Å². The van der Waals surface area contributed by atoms with E-state index in [4.69, 9.17) is 11.6 Å². The highest BCUT2D eigenvalue weighted by Gasteiger charge is 2.53. The Morgan fingerprint density at radius 3 is 1.85 bits per heavy atom. The van der Waals surface area contributed by atoms with Gasteiger partial charge in [0.05, 0.1) is 30.1 Å². The maximum Gasteiger partial charge on any atom is 0.417 e. The number of nitrogens with one attached hydrogen (secondary N) is 3. The fraction of sp³-hybridized carbons (Fsp3) is 0.700. The molecule has 1 spiro atoms. The first-order valence-corrected chi connectivity index (χ1v) is 39.9. The van der Waals surface area contributed by atoms with E-state index in [-0.39, 0.29) is 76.3 Å². The molecule has 4 saturated heterocycles. The molecule has 3 aliphatic carbocycles. The first-order valence-electron chi connectivity index (χ1n) is 39.5. The van der Waals surface area contributed by atoms with Gasteiger partial charge in [0.1, 0.15) is 53.9 Å². The number of likely N-dealkylation sites (N-methyl/N-ethyl adjacent to an activating group) is 6. The lowest BCUT2D eigenvalue weighted by Gasteiger charge is -2.44. The molecule has 596 valence electrons. The third kappa shape index (κ3) is 20.0. The van der Waals surface area contributed by atoms with Crippen LogP contribution < -0.4 is 16.0 Å². The van der Waals surface area contributed by atoms with Crippen molar-refractivity contribution in [2.24, 2.45) is 23.7 Å². The zero-order chi connectivity index (χ0) is 78.6. The average Bonchev–Trinajstić information content (AvgIpc) is 1.30. The second-order valence-corrected chi connectivity index (χ2v) is 32.8. The van der Waals surface area contributed by atoms with E-state index < -0.39 is 179 Å². The first kappa shape index (κ1) is 84.2. The summed E-state index contributed by atoms with van der Waals surface area (Å²) in [6, 6.07) is 2.50. The fourth-order valence-corrected chi connectivity index (χ4v) is 17.9. The number of hydrogen-bond donors (Lipinski definition) is 3. The molecule has 3 N–H and O–H groups in total. The minimum Gasteiger partial charge on any atom is -0.343 e. The van der Waals surface area contributed by atoms with E-state index in [0.29, 0.717) is 63.6 Å². The smallest absolute Gasteiger partial charge is 0.343 e. The van der Waals surface area contributed by atoms with Crippen molar-refractivity contribution in [3.8, 4) is 0 Å². The number of nitrogens with zero attached hydrogens (tertiary/aromatic N) is 9. The Morgan fingerprint density at radius 1 is 0.620 bits per heavy atom. The van der Waals surface area contributed by atoms with Crippen LogP contribution in [-0.2, 0) is 70.1 Å². The standard InChI is InChI=1S/C80H116ClF3N12O12/c1-11-51(4)68-76(106)89(6)49-67(99)95-41-36-60(95)74(104)91(8)63(44-52-26-16-12-17-27-52)73(103)88(5)48-65(97)85-59(35-33-53-32-34-57(58(81)43-53)80(82,83)84)72(102)96-47-56(54-28-18-13-19-29-54)45-62(96)71(101)87-79(37-22-23-38-79)78(108)93(10)69(55-30-20-14-21-31-55)77(107)92(9)64(75(105)94-39-24-15-25-40-94)46-66(98)90(7)61(42-50(2)3)70(100)86-68/h13,18-19,28-29,32,34,43,50-52,55-56,59-64,68-69H,11-12,14-17,20-27,30-31,33,35-42,44-49H2,1-10H3,(H,85,97)(H,86,100)(H,87,101)/t51-,56-,59-,60-,61-,62-,63-,64-,68-,69-/m0/s1. The highest BCUT2D eigenvalue weighted by molar-refractivity contribution is 6.31. The Hall–Kier alpha value is -7.84. The summed E-state index contributed by atoms with van der Waals surface area (Å²) >= 11 is 6.25. The number of piperidine rings is 1. The maximum absolute atomic E-state index is 16.0. The molecular weight excluding hydrogens is 1410 g/mol. The molecule has 0 aromatic heterocycles. The highest BCUT2D eigenvalue weighted by atomic mass is 35.5. The summed E-state index contributed by atoms with van der Waals surface area (Å²) in [7, 11) is 8.78. The van der Waals surface area contributed by atoms with Crippen molar-refractivity contribution in [3.63, 3.8) is 0 Å². The zero-order valence-corrected chi connectivity index (χ0v) is 65.7. The molecule has 0 radical (unpaired) electrons. The number of amides is 12. The molecule has 0 unspecified atom stereocenters. The Morgan fingerprint density at radius 2 is 1.25 bits per heavy atom. The van der Waals surface area contributed by atoms with Gasteiger partial charge >= 0.3 is 6.18 Å². The van der Waals surface area contributed by atoms with E-state index in [9.17, 15) is 32.3 Å². The van der Waals surface area contributed by atoms with Crippen LogP contribution in [0.25, 0.3) is 0 Å². The van der Waals surface area contributed by atoms with Gasteiger partial charge in [-0.25, -0.2) is 0 Å². The van der Waals surface area contributed by atoms with Crippen molar-refractivity contribution in [1.29, 1.82) is 0 Å². The van der Waals surface area contributed by atoms with Crippen LogP contribution in [0.1, 0.15) is 204 Å². The van der Waals surface area contributed by atoms with Crippen molar-refractivity contribution in [1.82, 2.24) is 60.0 Å². The minimum atomic E-state index is -4.78. The van der Waals surface area contributed by atoms with Gasteiger partial charge in [0, 0.05) is 74.4 Å². The van der Waals surface area contributed by atoms with Gasteiger partial charge < -0.3 is 60.0 Å². The van der Waals surface area contributed by atoms with Crippen LogP contribution in [0.3, 0.4) is 0 Å². The maximum atomic E-state index is 16.0. The number of benzene rings is 2. The predicted molar refractivity (Wildman–Crippen MR) is 401 cm³/mol. The zero-order valence-electron chi connectivity index (χ0n) is 65.0. The van der Waals surface area contributed by atoms with Gasteiger partial charge in [-0.1, -0.05) is 146 Å². The Balaban J connectivity index is 1.12. The van der Waals surface area contributed by atoms with Crippen molar-refractivity contribution in [2.45, 2.75) is 254 Å². The summed E-state index contributed by atoms with van der Waals surface area (Å²) in [4.78, 5) is 195. The van der Waals surface area contributed by atoms with Crippen molar-refractivity contribution >= 4 is 82.5 Å². The predicted octanol–water partition coefficient (Wildman–Crippen LogP) is 7.96. The molecule has 3 saturated carbocycles. The molecule has 12 amide bonds. The van der Waals surface area contributed by atoms with Crippen molar-refractivity contribution in [2.75, 3.05) is 81.6 Å². The van der Waals surface area contributed by atoms with E-state index in [2.05, 4.69) is 16.0 Å². The van der Waals surface area contributed by atoms with Crippen LogP contribution in [-0.4, -0.2) is 250 Å². The molecule has 108 heavy (non-hydrogen) atoms. The SMILES string of the molecule is CC[C@H](C)[C@@H]1NC(=O)[C@H](CC(C)C)N(C)C(=O)C[C@@H](C(=O)N2CCCCC2)N(C)C(=O)[C@H](C2CCCCC2)N(C)C(=O)C2(CCCC2)NC(=O)[C@@H]2C[C@H](c3ccccc3)CN2C(=O)[C@H](CCc2ccc(C(F)(F)F)c(Cl)c2)NC(=O)CN(C)C(=O)[C@H](CC2CCCCC2)N(C)C(=O)[C@@H]2CCN2C(=O)CN(C)C1=O. The third-order valence-corrected chi connectivity index (χ3v) is 24.8. The number of rotatable bonds is 12. The molecule has 28 heteroatoms. The van der Waals surface area contributed by atoms with Crippen molar-refractivity contribution in [3.05, 3.63) is 70.2 Å². The molecule has 4 heterocycles. The topological polar surface area (TPSA) is 270 Å². The molecule has 2 aromatic carbocycles. The lowest BCUT2D eigenvalue weighted by Crippen LogP contribution is -2.65. The quantitative estimate of drug-likeness (QED) is 0.183. The lowest BCUT2D eigenvalue weighted by atomic mass is 9.81. The summed E-state index contributed by atoms with van der Waals surface area (Å²) < 4.78 is 42.2. The van der Waals surface area contributed by atoms with E-state index in [0.717, 1.165) is 80.4 Å². The molecule has 9 rings (SSSR count). The molecule has 7 aliphatic rings. The summed E-state index contributed by atoms with van der Waals surface area (Å²) in [5.41, 5.74) is -1.61. The Bertz CT molecular complexity index is 3560. The van der Waals surface area contributed by atoms with Gasteiger partial charge in [0.2, 0.25) is 70.9 Å². The fourth-order valence-electron chi connectivity index (χ4n) is 17.6. The number of aryl methyl sites for hydroxylation is 1. The van der Waals surface area contributed by atoms with Gasteiger partial charge in [0.15, 0.2) is 0 Å². The molecule has 4 aliphatic heterocycles. The summed E-state index contributed by atoms with van der Waals surface area (Å²) in [5, 5.41) is 8.37. The van der Waals surface area contributed by atoms with E-state index in [1.54, 1.807) is 11.8 Å². The van der Waals surface area contributed by atoms with E-state index in [1.165, 1.54) is 82.7 Å². The number of alkyl halides is 3. The number of carbonyl (C=O) groups is 12. The van der Waals surface area contributed by atoms with Gasteiger partial charge in [-0.3, -0.25) is 57.5 Å². The molecular formula is C80H116ClF3N12O12. The van der Waals surface area contributed by atoms with Gasteiger partial charge in [-0.05, 0) is 130 Å². The lowest BCUT2D eigenvalue weighted by molar-refractivity contribution is -0.158. The van der Waals surface area contributed by atoms with Gasteiger partial charge in [-0.2, -0.15) is 13.2 Å². The largest absolute Gasteiger partial charge is 0.417 e. The minimum absolute atomic E-state index is 0.0147. The molecule has 0 bridgehead atoms. The number of hydrogen-bond acceptors (Lipinski definition) is 12. The number of halogens is 4. The number of fused-ring (bicyclic) bond motifs is 2. The number of carbonyl (C=O) groups excluding carboxylic acids is 12. The molecule has 10 atom stereocenters. The van der Waals surface area contributed by atoms with Gasteiger partial charge in [0.25, 0.3) is 0 Å². The normalized spacial score (nSPS) is 27.6. The van der Waals surface area contributed by atoms with Crippen LogP contribution in [0, 0.1) is 23.7 Å². The summed E-state index contributed by atoms with van der Waals surface area (Å²) in [6.45, 7) is 7.11. The van der Waals surface area contributed by atoms with E-state index >= 15 is 38.4 Å². The monoisotopic (exact) mass is 1530 g/mol. The third-order valence-electron chi connectivity index (χ3n) is 24.5. The van der Waals surface area contributed by atoms with Crippen molar-refractivity contribution < 1.29 is 70.7 Å². The Kier molecular flexibility index (Phi) is 29.0. The first-order chi connectivity index (χ1) is 51.2.